The van der Waals surface area contributed by atoms with Crippen LogP contribution in [0.3, 0.4) is 0 Å². The Morgan fingerprint density at radius 1 is 1.33 bits per heavy atom. The van der Waals surface area contributed by atoms with Crippen molar-refractivity contribution in [2.24, 2.45) is 0 Å². The highest BCUT2D eigenvalue weighted by Crippen LogP contribution is 2.22. The Kier molecular flexibility index (Phi) is 2.76. The molecular weight excluding hydrogens is 230 g/mol. The molecule has 1 heterocycles. The highest BCUT2D eigenvalue weighted by Gasteiger charge is 2.29. The number of carbonyl (C=O) groups excluding carboxylic acids is 1. The lowest BCUT2D eigenvalue weighted by molar-refractivity contribution is -0.123. The van der Waals surface area contributed by atoms with Crippen molar-refractivity contribution in [3.63, 3.8) is 0 Å². The average molecular weight is 243 g/mol. The maximum Gasteiger partial charge on any atom is 0.249 e. The van der Waals surface area contributed by atoms with Gasteiger partial charge in [0.25, 0.3) is 0 Å². The Balaban J connectivity index is 1.90. The summed E-state index contributed by atoms with van der Waals surface area (Å²) < 4.78 is 1.48. The second-order valence-electron chi connectivity index (χ2n) is 4.39. The van der Waals surface area contributed by atoms with Crippen molar-refractivity contribution in [1.29, 1.82) is 0 Å². The molecule has 2 aromatic rings. The minimum Gasteiger partial charge on any atom is -0.351 e. The number of carbonyl (C=O) groups is 1. The van der Waals surface area contributed by atoms with Crippen LogP contribution >= 0.6 is 0 Å². The van der Waals surface area contributed by atoms with Crippen LogP contribution in [0.2, 0.25) is 0 Å². The first kappa shape index (κ1) is 10.9. The van der Waals surface area contributed by atoms with Gasteiger partial charge in [-0.05, 0) is 28.8 Å². The van der Waals surface area contributed by atoms with Crippen molar-refractivity contribution < 1.29 is 4.79 Å². The number of nitrogens with zero attached hydrogens (tertiary/aromatic N) is 4. The molecule has 1 saturated carbocycles. The number of nitrogens with one attached hydrogen (secondary N) is 1. The quantitative estimate of drug-likeness (QED) is 0.850. The van der Waals surface area contributed by atoms with Crippen LogP contribution in [0.1, 0.15) is 24.4 Å². The number of amides is 1. The molecule has 1 unspecified atom stereocenters. The number of tetrazole rings is 1. The first-order valence-corrected chi connectivity index (χ1v) is 5.92. The number of hydrogen-bond acceptors (Lipinski definition) is 4. The van der Waals surface area contributed by atoms with E-state index in [1.807, 2.05) is 30.3 Å². The van der Waals surface area contributed by atoms with E-state index in [0.29, 0.717) is 6.04 Å². The van der Waals surface area contributed by atoms with E-state index in [1.165, 1.54) is 11.0 Å². The summed E-state index contributed by atoms with van der Waals surface area (Å²) in [5.41, 5.74) is 0.878. The Bertz CT molecular complexity index is 521. The third-order valence-electron chi connectivity index (χ3n) is 2.92. The fourth-order valence-electron chi connectivity index (χ4n) is 1.85. The van der Waals surface area contributed by atoms with Gasteiger partial charge in [0, 0.05) is 6.04 Å². The second-order valence-corrected chi connectivity index (χ2v) is 4.39. The average Bonchev–Trinajstić information content (AvgIpc) is 3.04. The summed E-state index contributed by atoms with van der Waals surface area (Å²) in [5.74, 6) is -0.0593. The molecule has 3 rings (SSSR count). The van der Waals surface area contributed by atoms with Gasteiger partial charge in [-0.2, -0.15) is 0 Å². The molecule has 1 aliphatic rings. The van der Waals surface area contributed by atoms with Crippen molar-refractivity contribution in [1.82, 2.24) is 25.5 Å². The molecule has 0 bridgehead atoms. The van der Waals surface area contributed by atoms with Crippen molar-refractivity contribution in [3.05, 3.63) is 42.2 Å². The molecule has 6 nitrogen and oxygen atoms in total. The molecule has 1 fully saturated rings. The van der Waals surface area contributed by atoms with Gasteiger partial charge in [0.2, 0.25) is 5.91 Å². The zero-order chi connectivity index (χ0) is 12.4. The largest absolute Gasteiger partial charge is 0.351 e. The predicted octanol–water partition coefficient (Wildman–Crippen LogP) is 0.541. The van der Waals surface area contributed by atoms with Crippen LogP contribution in [0.15, 0.2) is 36.7 Å². The molecule has 0 radical (unpaired) electrons. The van der Waals surface area contributed by atoms with E-state index in [1.54, 1.807) is 0 Å². The summed E-state index contributed by atoms with van der Waals surface area (Å²) in [6.45, 7) is 0. The maximum absolute atomic E-state index is 12.3. The van der Waals surface area contributed by atoms with E-state index in [-0.39, 0.29) is 5.91 Å². The molecule has 0 saturated heterocycles. The lowest BCUT2D eigenvalue weighted by Gasteiger charge is -2.16. The summed E-state index contributed by atoms with van der Waals surface area (Å²) in [7, 11) is 0. The molecule has 1 amide bonds. The van der Waals surface area contributed by atoms with Gasteiger partial charge in [-0.3, -0.25) is 4.79 Å². The number of rotatable bonds is 4. The molecule has 18 heavy (non-hydrogen) atoms. The SMILES string of the molecule is O=C(NC1CC1)C(c1ccccc1)n1cnnn1. The van der Waals surface area contributed by atoms with Crippen LogP contribution in [0.25, 0.3) is 0 Å². The van der Waals surface area contributed by atoms with Gasteiger partial charge < -0.3 is 5.32 Å². The zero-order valence-corrected chi connectivity index (χ0v) is 9.73. The first-order chi connectivity index (χ1) is 8.84. The van der Waals surface area contributed by atoms with Gasteiger partial charge in [0.05, 0.1) is 0 Å². The van der Waals surface area contributed by atoms with Gasteiger partial charge in [-0.25, -0.2) is 4.68 Å². The zero-order valence-electron chi connectivity index (χ0n) is 9.73. The van der Waals surface area contributed by atoms with Gasteiger partial charge in [-0.1, -0.05) is 30.3 Å². The Morgan fingerprint density at radius 3 is 2.72 bits per heavy atom. The smallest absolute Gasteiger partial charge is 0.249 e. The summed E-state index contributed by atoms with van der Waals surface area (Å²) in [6.07, 6.45) is 3.58. The standard InChI is InChI=1S/C12H13N5O/c18-12(14-10-6-7-10)11(17-8-13-15-16-17)9-4-2-1-3-5-9/h1-5,8,10-11H,6-7H2,(H,14,18). The van der Waals surface area contributed by atoms with Crippen molar-refractivity contribution in [3.8, 4) is 0 Å². The molecule has 1 aromatic carbocycles. The lowest BCUT2D eigenvalue weighted by atomic mass is 10.1. The molecule has 6 heteroatoms. The van der Waals surface area contributed by atoms with E-state index in [4.69, 9.17) is 0 Å². The van der Waals surface area contributed by atoms with Gasteiger partial charge in [0.1, 0.15) is 6.33 Å². The lowest BCUT2D eigenvalue weighted by Crippen LogP contribution is -2.35. The Hall–Kier alpha value is -2.24. The summed E-state index contributed by atoms with van der Waals surface area (Å²) in [4.78, 5) is 12.3. The van der Waals surface area contributed by atoms with Crippen LogP contribution in [0, 0.1) is 0 Å². The third kappa shape index (κ3) is 2.22. The fraction of sp³-hybridized carbons (Fsp3) is 0.333. The summed E-state index contributed by atoms with van der Waals surface area (Å²) in [5, 5.41) is 14.0. The van der Waals surface area contributed by atoms with Gasteiger partial charge in [-0.15, -0.1) is 5.10 Å². The minimum absolute atomic E-state index is 0.0593. The highest BCUT2D eigenvalue weighted by molar-refractivity contribution is 5.83. The fourth-order valence-corrected chi connectivity index (χ4v) is 1.85. The Morgan fingerprint density at radius 2 is 2.11 bits per heavy atom. The number of benzene rings is 1. The van der Waals surface area contributed by atoms with Crippen LogP contribution in [0.4, 0.5) is 0 Å². The minimum atomic E-state index is -0.498. The maximum atomic E-state index is 12.3. The predicted molar refractivity (Wildman–Crippen MR) is 63.6 cm³/mol. The molecule has 1 atom stereocenters. The van der Waals surface area contributed by atoms with Crippen LogP contribution in [-0.4, -0.2) is 32.2 Å². The molecule has 1 N–H and O–H groups in total. The van der Waals surface area contributed by atoms with Gasteiger partial charge in [0.15, 0.2) is 6.04 Å². The van der Waals surface area contributed by atoms with Crippen molar-refractivity contribution in [2.75, 3.05) is 0 Å². The molecule has 92 valence electrons. The second kappa shape index (κ2) is 4.56. The molecule has 0 spiro atoms. The summed E-state index contributed by atoms with van der Waals surface area (Å²) >= 11 is 0. The van der Waals surface area contributed by atoms with Crippen LogP contribution in [0.5, 0.6) is 0 Å². The van der Waals surface area contributed by atoms with E-state index >= 15 is 0 Å². The topological polar surface area (TPSA) is 72.7 Å². The van der Waals surface area contributed by atoms with E-state index in [0.717, 1.165) is 18.4 Å². The van der Waals surface area contributed by atoms with E-state index < -0.39 is 6.04 Å². The molecule has 1 aliphatic carbocycles. The van der Waals surface area contributed by atoms with Gasteiger partial charge >= 0.3 is 0 Å². The van der Waals surface area contributed by atoms with E-state index in [2.05, 4.69) is 20.8 Å². The number of hydrogen-bond donors (Lipinski definition) is 1. The van der Waals surface area contributed by atoms with Crippen molar-refractivity contribution >= 4 is 5.91 Å². The summed E-state index contributed by atoms with van der Waals surface area (Å²) in [6, 6.07) is 9.34. The monoisotopic (exact) mass is 243 g/mol. The van der Waals surface area contributed by atoms with Crippen LogP contribution in [-0.2, 0) is 4.79 Å². The van der Waals surface area contributed by atoms with Crippen molar-refractivity contribution in [2.45, 2.75) is 24.9 Å². The molecule has 0 aliphatic heterocycles. The normalized spacial score (nSPS) is 16.2. The highest BCUT2D eigenvalue weighted by atomic mass is 16.2. The first-order valence-electron chi connectivity index (χ1n) is 5.92. The molecule has 1 aromatic heterocycles. The third-order valence-corrected chi connectivity index (χ3v) is 2.92. The van der Waals surface area contributed by atoms with Crippen LogP contribution < -0.4 is 5.32 Å². The Labute approximate surface area is 104 Å². The number of aromatic nitrogens is 4. The molecular formula is C12H13N5O. The van der Waals surface area contributed by atoms with E-state index in [9.17, 15) is 4.79 Å².